The summed E-state index contributed by atoms with van der Waals surface area (Å²) in [6, 6.07) is 15.7. The van der Waals surface area contributed by atoms with Crippen LogP contribution in [0.25, 0.3) is 16.7 Å². The lowest BCUT2D eigenvalue weighted by atomic mass is 10.1. The van der Waals surface area contributed by atoms with Crippen molar-refractivity contribution in [3.63, 3.8) is 0 Å². The molecule has 0 radical (unpaired) electrons. The minimum atomic E-state index is -0.332. The van der Waals surface area contributed by atoms with Crippen molar-refractivity contribution >= 4 is 22.8 Å². The summed E-state index contributed by atoms with van der Waals surface area (Å²) in [7, 11) is 3.22. The summed E-state index contributed by atoms with van der Waals surface area (Å²) < 4.78 is 12.9. The van der Waals surface area contributed by atoms with Gasteiger partial charge in [-0.1, -0.05) is 18.2 Å². The second kappa shape index (κ2) is 10.5. The standard InChI is InChI=1S/C29H33N5O3/c1-19-20(2)34(22-11-7-5-8-12-22)28-25(19)27(33-15-9-6-10-16-33)31-26(32-28)29(35)30-18-21-17-23(36-3)13-14-24(21)37-4/h5,7-8,11-14,17H,6,9-10,15-16,18H2,1-4H3,(H,30,35). The minimum absolute atomic E-state index is 0.157. The van der Waals surface area contributed by atoms with Crippen LogP contribution in [0.1, 0.15) is 46.7 Å². The zero-order chi connectivity index (χ0) is 25.9. The fourth-order valence-electron chi connectivity index (χ4n) is 5.05. The number of amides is 1. The van der Waals surface area contributed by atoms with Crippen molar-refractivity contribution in [1.29, 1.82) is 0 Å². The number of nitrogens with one attached hydrogen (secondary N) is 1. The van der Waals surface area contributed by atoms with Gasteiger partial charge in [0.15, 0.2) is 5.65 Å². The quantitative estimate of drug-likeness (QED) is 0.387. The summed E-state index contributed by atoms with van der Waals surface area (Å²) in [5.41, 5.74) is 4.79. The smallest absolute Gasteiger partial charge is 0.289 e. The molecule has 0 spiro atoms. The number of hydrogen-bond donors (Lipinski definition) is 1. The van der Waals surface area contributed by atoms with E-state index >= 15 is 0 Å². The molecule has 4 aromatic rings. The van der Waals surface area contributed by atoms with Gasteiger partial charge in [0.25, 0.3) is 5.91 Å². The fourth-order valence-corrected chi connectivity index (χ4v) is 5.05. The number of rotatable bonds is 7. The Morgan fingerprint density at radius 1 is 0.973 bits per heavy atom. The van der Waals surface area contributed by atoms with Gasteiger partial charge >= 0.3 is 0 Å². The average molecular weight is 500 g/mol. The van der Waals surface area contributed by atoms with Crippen molar-refractivity contribution in [1.82, 2.24) is 19.9 Å². The largest absolute Gasteiger partial charge is 0.497 e. The van der Waals surface area contributed by atoms with Crippen LogP contribution in [0.4, 0.5) is 5.82 Å². The predicted octanol–water partition coefficient (Wildman–Crippen LogP) is 4.97. The van der Waals surface area contributed by atoms with Crippen LogP contribution in [-0.2, 0) is 6.54 Å². The van der Waals surface area contributed by atoms with Gasteiger partial charge in [0.2, 0.25) is 5.82 Å². The van der Waals surface area contributed by atoms with E-state index in [0.29, 0.717) is 11.5 Å². The molecule has 0 bridgehead atoms. The van der Waals surface area contributed by atoms with Crippen molar-refractivity contribution in [3.8, 4) is 17.2 Å². The number of methoxy groups -OCH3 is 2. The van der Waals surface area contributed by atoms with Crippen LogP contribution in [-0.4, -0.2) is 47.8 Å². The Kier molecular flexibility index (Phi) is 6.99. The highest BCUT2D eigenvalue weighted by Crippen LogP contribution is 2.35. The Morgan fingerprint density at radius 2 is 1.73 bits per heavy atom. The Labute approximate surface area is 217 Å². The average Bonchev–Trinajstić information content (AvgIpc) is 3.21. The SMILES string of the molecule is COc1ccc(OC)c(CNC(=O)c2nc(N3CCCCC3)c3c(C)c(C)n(-c4ccccc4)c3n2)c1. The molecule has 0 unspecified atom stereocenters. The number of anilines is 1. The van der Waals surface area contributed by atoms with E-state index in [1.165, 1.54) is 6.42 Å². The van der Waals surface area contributed by atoms with Crippen molar-refractivity contribution in [2.75, 3.05) is 32.2 Å². The van der Waals surface area contributed by atoms with E-state index in [1.54, 1.807) is 14.2 Å². The Balaban J connectivity index is 1.58. The fraction of sp³-hybridized carbons (Fsp3) is 0.345. The number of nitrogens with zero attached hydrogens (tertiary/aromatic N) is 4. The molecule has 2 aromatic heterocycles. The first kappa shape index (κ1) is 24.6. The first-order chi connectivity index (χ1) is 18.0. The van der Waals surface area contributed by atoms with Gasteiger partial charge in [-0.2, -0.15) is 0 Å². The number of carbonyl (C=O) groups excluding carboxylic acids is 1. The first-order valence-corrected chi connectivity index (χ1v) is 12.7. The number of piperidine rings is 1. The molecule has 5 rings (SSSR count). The maximum Gasteiger partial charge on any atom is 0.289 e. The zero-order valence-corrected chi connectivity index (χ0v) is 21.9. The molecule has 8 heteroatoms. The number of aromatic nitrogens is 3. The highest BCUT2D eigenvalue weighted by Gasteiger charge is 2.25. The van der Waals surface area contributed by atoms with Gasteiger partial charge in [-0.25, -0.2) is 9.97 Å². The molecular weight excluding hydrogens is 466 g/mol. The van der Waals surface area contributed by atoms with Crippen LogP contribution in [0.15, 0.2) is 48.5 Å². The summed E-state index contributed by atoms with van der Waals surface area (Å²) in [6.07, 6.45) is 3.43. The van der Waals surface area contributed by atoms with Crippen LogP contribution < -0.4 is 19.7 Å². The van der Waals surface area contributed by atoms with E-state index in [0.717, 1.165) is 65.3 Å². The van der Waals surface area contributed by atoms with Gasteiger partial charge in [-0.15, -0.1) is 0 Å². The summed E-state index contributed by atoms with van der Waals surface area (Å²) in [6.45, 7) is 6.31. The van der Waals surface area contributed by atoms with Crippen LogP contribution in [0.2, 0.25) is 0 Å². The Morgan fingerprint density at radius 3 is 2.43 bits per heavy atom. The highest BCUT2D eigenvalue weighted by molar-refractivity contribution is 5.98. The summed E-state index contributed by atoms with van der Waals surface area (Å²) in [4.78, 5) is 25.4. The molecule has 37 heavy (non-hydrogen) atoms. The molecule has 1 amide bonds. The van der Waals surface area contributed by atoms with Crippen molar-refractivity contribution in [2.45, 2.75) is 39.7 Å². The van der Waals surface area contributed by atoms with Crippen LogP contribution in [0.5, 0.6) is 11.5 Å². The topological polar surface area (TPSA) is 81.5 Å². The van der Waals surface area contributed by atoms with Crippen molar-refractivity contribution < 1.29 is 14.3 Å². The lowest BCUT2D eigenvalue weighted by Crippen LogP contribution is -2.32. The minimum Gasteiger partial charge on any atom is -0.497 e. The maximum atomic E-state index is 13.5. The Bertz CT molecular complexity index is 1430. The van der Waals surface area contributed by atoms with E-state index in [9.17, 15) is 4.79 Å². The summed E-state index contributed by atoms with van der Waals surface area (Å²) in [5, 5.41) is 4.00. The van der Waals surface area contributed by atoms with E-state index in [2.05, 4.69) is 40.8 Å². The number of benzene rings is 2. The third-order valence-electron chi connectivity index (χ3n) is 7.14. The van der Waals surface area contributed by atoms with E-state index in [1.807, 2.05) is 36.4 Å². The third kappa shape index (κ3) is 4.71. The summed E-state index contributed by atoms with van der Waals surface area (Å²) >= 11 is 0. The highest BCUT2D eigenvalue weighted by atomic mass is 16.5. The predicted molar refractivity (Wildman–Crippen MR) is 145 cm³/mol. The number of aryl methyl sites for hydroxylation is 1. The zero-order valence-electron chi connectivity index (χ0n) is 21.9. The maximum absolute atomic E-state index is 13.5. The summed E-state index contributed by atoms with van der Waals surface area (Å²) in [5.74, 6) is 2.03. The molecule has 8 nitrogen and oxygen atoms in total. The second-order valence-corrected chi connectivity index (χ2v) is 9.36. The number of para-hydroxylation sites is 1. The van der Waals surface area contributed by atoms with E-state index < -0.39 is 0 Å². The third-order valence-corrected chi connectivity index (χ3v) is 7.14. The number of carbonyl (C=O) groups is 1. The van der Waals surface area contributed by atoms with Gasteiger partial charge < -0.3 is 19.7 Å². The first-order valence-electron chi connectivity index (χ1n) is 12.7. The van der Waals surface area contributed by atoms with Crippen LogP contribution >= 0.6 is 0 Å². The molecule has 192 valence electrons. The second-order valence-electron chi connectivity index (χ2n) is 9.36. The van der Waals surface area contributed by atoms with E-state index in [4.69, 9.17) is 19.4 Å². The molecule has 0 aliphatic carbocycles. The van der Waals surface area contributed by atoms with Crippen molar-refractivity contribution in [2.24, 2.45) is 0 Å². The van der Waals surface area contributed by atoms with Crippen LogP contribution in [0, 0.1) is 13.8 Å². The van der Waals surface area contributed by atoms with Gasteiger partial charge in [0.05, 0.1) is 19.6 Å². The molecule has 0 saturated carbocycles. The molecule has 0 atom stereocenters. The molecule has 1 aliphatic heterocycles. The number of ether oxygens (including phenoxy) is 2. The number of fused-ring (bicyclic) bond motifs is 1. The van der Waals surface area contributed by atoms with Crippen molar-refractivity contribution in [3.05, 3.63) is 71.2 Å². The lowest BCUT2D eigenvalue weighted by Gasteiger charge is -2.28. The molecule has 1 fully saturated rings. The van der Waals surface area contributed by atoms with Crippen LogP contribution in [0.3, 0.4) is 0 Å². The molecule has 1 N–H and O–H groups in total. The normalized spacial score (nSPS) is 13.6. The molecule has 2 aromatic carbocycles. The molecule has 1 saturated heterocycles. The van der Waals surface area contributed by atoms with Gasteiger partial charge in [0.1, 0.15) is 17.3 Å². The lowest BCUT2D eigenvalue weighted by molar-refractivity contribution is 0.0940. The molecule has 1 aliphatic rings. The van der Waals surface area contributed by atoms with Gasteiger partial charge in [-0.05, 0) is 69.0 Å². The molecular formula is C29H33N5O3. The van der Waals surface area contributed by atoms with Gasteiger partial charge in [-0.3, -0.25) is 9.36 Å². The Hall–Kier alpha value is -4.07. The van der Waals surface area contributed by atoms with Gasteiger partial charge in [0, 0.05) is 36.6 Å². The number of hydrogen-bond acceptors (Lipinski definition) is 6. The molecule has 3 heterocycles. The van der Waals surface area contributed by atoms with E-state index in [-0.39, 0.29) is 18.3 Å². The monoisotopic (exact) mass is 499 g/mol.